The maximum atomic E-state index is 13.8. The number of nitrogens with zero attached hydrogens (tertiary/aromatic N) is 2. The van der Waals surface area contributed by atoms with Crippen molar-refractivity contribution in [2.45, 2.75) is 44.6 Å². The van der Waals surface area contributed by atoms with Gasteiger partial charge in [-0.2, -0.15) is 18.3 Å². The summed E-state index contributed by atoms with van der Waals surface area (Å²) in [5.41, 5.74) is 2.87. The van der Waals surface area contributed by atoms with E-state index in [-0.39, 0.29) is 17.8 Å². The molecule has 1 amide bonds. The molecular weight excluding hydrogens is 421 g/mol. The average molecular weight is 444 g/mol. The molecule has 0 saturated carbocycles. The number of aryl methyl sites for hydroxylation is 1. The molecule has 6 nitrogen and oxygen atoms in total. The van der Waals surface area contributed by atoms with Gasteiger partial charge in [-0.3, -0.25) is 4.79 Å². The van der Waals surface area contributed by atoms with E-state index in [2.05, 4.69) is 15.7 Å². The number of halogens is 3. The molecule has 3 N–H and O–H groups in total. The SMILES string of the molecule is Cc1ccc([C@H]2C[C@H](C(F)(F)F)n3ncc(C(=O)Nc4ccc([C@@H](C)O)cc4)c3N2)cc1. The van der Waals surface area contributed by atoms with Crippen LogP contribution in [0.3, 0.4) is 0 Å². The summed E-state index contributed by atoms with van der Waals surface area (Å²) in [7, 11) is 0. The first-order valence-corrected chi connectivity index (χ1v) is 10.2. The molecule has 9 heteroatoms. The molecule has 2 heterocycles. The molecule has 32 heavy (non-hydrogen) atoms. The first-order valence-electron chi connectivity index (χ1n) is 10.2. The maximum Gasteiger partial charge on any atom is 0.410 e. The third-order valence-electron chi connectivity index (χ3n) is 5.61. The van der Waals surface area contributed by atoms with Gasteiger partial charge in [0, 0.05) is 12.1 Å². The molecule has 0 radical (unpaired) electrons. The number of hydrogen-bond donors (Lipinski definition) is 3. The van der Waals surface area contributed by atoms with E-state index in [0.29, 0.717) is 16.8 Å². The second kappa shape index (κ2) is 8.31. The Morgan fingerprint density at radius 2 is 1.84 bits per heavy atom. The van der Waals surface area contributed by atoms with E-state index in [4.69, 9.17) is 0 Å². The first-order chi connectivity index (χ1) is 15.1. The lowest BCUT2D eigenvalue weighted by molar-refractivity contribution is -0.173. The Bertz CT molecular complexity index is 1110. The van der Waals surface area contributed by atoms with Crippen molar-refractivity contribution in [3.8, 4) is 0 Å². The number of alkyl halides is 3. The van der Waals surface area contributed by atoms with Crippen molar-refractivity contribution in [1.29, 1.82) is 0 Å². The lowest BCUT2D eigenvalue weighted by atomic mass is 9.96. The number of rotatable bonds is 4. The Kier molecular flexibility index (Phi) is 5.68. The van der Waals surface area contributed by atoms with Crippen LogP contribution in [0.15, 0.2) is 54.7 Å². The van der Waals surface area contributed by atoms with Crippen molar-refractivity contribution in [2.75, 3.05) is 10.6 Å². The summed E-state index contributed by atoms with van der Waals surface area (Å²) < 4.78 is 42.3. The van der Waals surface area contributed by atoms with E-state index in [1.54, 1.807) is 43.3 Å². The van der Waals surface area contributed by atoms with E-state index < -0.39 is 30.3 Å². The van der Waals surface area contributed by atoms with Crippen LogP contribution in [0.2, 0.25) is 0 Å². The molecule has 3 aromatic rings. The van der Waals surface area contributed by atoms with Gasteiger partial charge in [-0.05, 0) is 37.1 Å². The van der Waals surface area contributed by atoms with Gasteiger partial charge in [0.2, 0.25) is 0 Å². The summed E-state index contributed by atoms with van der Waals surface area (Å²) >= 11 is 0. The first kappa shape index (κ1) is 21.9. The largest absolute Gasteiger partial charge is 0.410 e. The lowest BCUT2D eigenvalue weighted by Gasteiger charge is -2.34. The number of aliphatic hydroxyl groups is 1. The van der Waals surface area contributed by atoms with E-state index in [0.717, 1.165) is 16.4 Å². The molecule has 2 aromatic carbocycles. The molecule has 0 bridgehead atoms. The van der Waals surface area contributed by atoms with Crippen LogP contribution in [-0.4, -0.2) is 27.0 Å². The highest BCUT2D eigenvalue weighted by molar-refractivity contribution is 6.07. The molecule has 168 valence electrons. The van der Waals surface area contributed by atoms with Crippen molar-refractivity contribution < 1.29 is 23.1 Å². The number of amides is 1. The molecule has 1 aliphatic heterocycles. The van der Waals surface area contributed by atoms with Crippen LogP contribution in [-0.2, 0) is 0 Å². The lowest BCUT2D eigenvalue weighted by Crippen LogP contribution is -2.36. The Balaban J connectivity index is 1.64. The highest BCUT2D eigenvalue weighted by Gasteiger charge is 2.47. The fraction of sp³-hybridized carbons (Fsp3) is 0.304. The molecule has 1 aliphatic rings. The number of carbonyl (C=O) groups excluding carboxylic acids is 1. The van der Waals surface area contributed by atoms with Crippen molar-refractivity contribution in [1.82, 2.24) is 9.78 Å². The topological polar surface area (TPSA) is 79.2 Å². The van der Waals surface area contributed by atoms with Gasteiger partial charge in [0.1, 0.15) is 11.4 Å². The highest BCUT2D eigenvalue weighted by Crippen LogP contribution is 2.44. The molecule has 1 aromatic heterocycles. The predicted molar refractivity (Wildman–Crippen MR) is 115 cm³/mol. The van der Waals surface area contributed by atoms with Crippen LogP contribution in [0.1, 0.15) is 58.6 Å². The van der Waals surface area contributed by atoms with E-state index >= 15 is 0 Å². The van der Waals surface area contributed by atoms with Crippen LogP contribution < -0.4 is 10.6 Å². The van der Waals surface area contributed by atoms with Crippen molar-refractivity contribution in [3.05, 3.63) is 77.0 Å². The van der Waals surface area contributed by atoms with Gasteiger partial charge < -0.3 is 15.7 Å². The van der Waals surface area contributed by atoms with Crippen LogP contribution in [0.25, 0.3) is 0 Å². The average Bonchev–Trinajstić information content (AvgIpc) is 3.17. The molecule has 3 atom stereocenters. The van der Waals surface area contributed by atoms with E-state index in [9.17, 15) is 23.1 Å². The van der Waals surface area contributed by atoms with E-state index in [1.807, 2.05) is 19.1 Å². The fourth-order valence-electron chi connectivity index (χ4n) is 3.79. The summed E-state index contributed by atoms with van der Waals surface area (Å²) in [5.74, 6) is -0.545. The van der Waals surface area contributed by atoms with Gasteiger partial charge >= 0.3 is 6.18 Å². The summed E-state index contributed by atoms with van der Waals surface area (Å²) in [6, 6.07) is 11.4. The normalized spacial score (nSPS) is 19.1. The molecule has 0 fully saturated rings. The second-order valence-corrected chi connectivity index (χ2v) is 8.00. The monoisotopic (exact) mass is 444 g/mol. The van der Waals surface area contributed by atoms with Gasteiger partial charge in [0.25, 0.3) is 5.91 Å². The second-order valence-electron chi connectivity index (χ2n) is 8.00. The molecule has 0 unspecified atom stereocenters. The summed E-state index contributed by atoms with van der Waals surface area (Å²) in [6.07, 6.45) is -4.25. The molecule has 0 saturated heterocycles. The number of benzene rings is 2. The fourth-order valence-corrected chi connectivity index (χ4v) is 3.79. The van der Waals surface area contributed by atoms with Gasteiger partial charge in [-0.15, -0.1) is 0 Å². The minimum atomic E-state index is -4.52. The van der Waals surface area contributed by atoms with E-state index in [1.165, 1.54) is 0 Å². The van der Waals surface area contributed by atoms with Crippen molar-refractivity contribution >= 4 is 17.4 Å². The number of fused-ring (bicyclic) bond motifs is 1. The quantitative estimate of drug-likeness (QED) is 0.520. The number of hydrogen-bond acceptors (Lipinski definition) is 4. The summed E-state index contributed by atoms with van der Waals surface area (Å²) in [4.78, 5) is 12.9. The third kappa shape index (κ3) is 4.34. The third-order valence-corrected chi connectivity index (χ3v) is 5.61. The van der Waals surface area contributed by atoms with Gasteiger partial charge in [0.05, 0.1) is 18.3 Å². The standard InChI is InChI=1S/C23H23F3N4O2/c1-13-3-5-16(6-4-13)19-11-20(23(24,25)26)30-21(29-19)18(12-27-30)22(32)28-17-9-7-15(8-10-17)14(2)31/h3-10,12,14,19-20,29,31H,11H2,1-2H3,(H,28,32)/t14-,19-,20-/m1/s1. The minimum absolute atomic E-state index is 0.0238. The van der Waals surface area contributed by atoms with Crippen LogP contribution >= 0.6 is 0 Å². The zero-order chi connectivity index (χ0) is 23.0. The molecule has 0 spiro atoms. The van der Waals surface area contributed by atoms with Gasteiger partial charge in [-0.25, -0.2) is 4.68 Å². The Morgan fingerprint density at radius 1 is 1.19 bits per heavy atom. The zero-order valence-corrected chi connectivity index (χ0v) is 17.5. The van der Waals surface area contributed by atoms with Crippen LogP contribution in [0.5, 0.6) is 0 Å². The molecule has 0 aliphatic carbocycles. The van der Waals surface area contributed by atoms with Gasteiger partial charge in [-0.1, -0.05) is 42.0 Å². The molecule has 4 rings (SSSR count). The zero-order valence-electron chi connectivity index (χ0n) is 17.5. The number of aliphatic hydroxyl groups excluding tert-OH is 1. The number of carbonyl (C=O) groups is 1. The van der Waals surface area contributed by atoms with Crippen LogP contribution in [0, 0.1) is 6.92 Å². The Labute approximate surface area is 183 Å². The summed E-state index contributed by atoms with van der Waals surface area (Å²) in [6.45, 7) is 3.53. The smallest absolute Gasteiger partial charge is 0.389 e. The Morgan fingerprint density at radius 3 is 2.44 bits per heavy atom. The maximum absolute atomic E-state index is 13.8. The van der Waals surface area contributed by atoms with Gasteiger partial charge in [0.15, 0.2) is 6.04 Å². The summed E-state index contributed by atoms with van der Waals surface area (Å²) in [5, 5.41) is 19.3. The van der Waals surface area contributed by atoms with Crippen molar-refractivity contribution in [3.63, 3.8) is 0 Å². The van der Waals surface area contributed by atoms with Crippen molar-refractivity contribution in [2.24, 2.45) is 0 Å². The minimum Gasteiger partial charge on any atom is -0.389 e. The number of anilines is 2. The number of aromatic nitrogens is 2. The predicted octanol–water partition coefficient (Wildman–Crippen LogP) is 5.16. The Hall–Kier alpha value is -3.33. The number of nitrogens with one attached hydrogen (secondary N) is 2. The van der Waals surface area contributed by atoms with Crippen LogP contribution in [0.4, 0.5) is 24.7 Å². The highest BCUT2D eigenvalue weighted by atomic mass is 19.4. The molecular formula is C23H23F3N4O2.